The second-order valence-corrected chi connectivity index (χ2v) is 4.99. The maximum Gasteiger partial charge on any atom is 0.463 e. The maximum absolute atomic E-state index is 12.8. The molecule has 0 spiro atoms. The summed E-state index contributed by atoms with van der Waals surface area (Å²) in [4.78, 5) is 24.5. The van der Waals surface area contributed by atoms with Crippen molar-refractivity contribution in [2.24, 2.45) is 0 Å². The number of non-ortho nitro benzene ring substituents is 1. The summed E-state index contributed by atoms with van der Waals surface area (Å²) < 4.78 is 61.8. The van der Waals surface area contributed by atoms with Gasteiger partial charge in [0.05, 0.1) is 15.1 Å². The van der Waals surface area contributed by atoms with E-state index in [1.165, 1.54) is 11.4 Å². The Morgan fingerprint density at radius 2 is 1.91 bits per heavy atom. The van der Waals surface area contributed by atoms with E-state index in [2.05, 4.69) is 4.98 Å². The van der Waals surface area contributed by atoms with Gasteiger partial charge in [-0.25, -0.2) is 4.98 Å². The molecule has 12 heteroatoms. The Balaban J connectivity index is 2.29. The van der Waals surface area contributed by atoms with Crippen molar-refractivity contribution in [1.29, 1.82) is 0 Å². The standard InChI is InChI=1S/C10H4F5N3O3S/c11-9(12,10(13,14)15)7(19)17-8-16-5-2-1-4(18(20)21)3-6(5)22-8/h1-3H,(H,16,17,19). The first kappa shape index (κ1) is 16.0. The first-order valence-electron chi connectivity index (χ1n) is 5.33. The van der Waals surface area contributed by atoms with Crippen LogP contribution in [0.25, 0.3) is 10.2 Å². The van der Waals surface area contributed by atoms with Gasteiger partial charge in [0.1, 0.15) is 0 Å². The topological polar surface area (TPSA) is 85.1 Å². The molecule has 0 bridgehead atoms. The van der Waals surface area contributed by atoms with Crippen LogP contribution in [-0.2, 0) is 4.79 Å². The van der Waals surface area contributed by atoms with E-state index in [9.17, 15) is 36.9 Å². The second-order valence-electron chi connectivity index (χ2n) is 3.95. The minimum atomic E-state index is -6.04. The zero-order valence-corrected chi connectivity index (χ0v) is 11.0. The van der Waals surface area contributed by atoms with Gasteiger partial charge < -0.3 is 0 Å². The predicted molar refractivity (Wildman–Crippen MR) is 65.9 cm³/mol. The number of carbonyl (C=O) groups is 1. The first-order chi connectivity index (χ1) is 10.0. The molecule has 0 aliphatic heterocycles. The molecule has 1 aromatic carbocycles. The molecule has 1 heterocycles. The third-order valence-corrected chi connectivity index (χ3v) is 3.38. The van der Waals surface area contributed by atoms with Crippen molar-refractivity contribution in [3.63, 3.8) is 0 Å². The molecule has 2 aromatic rings. The summed E-state index contributed by atoms with van der Waals surface area (Å²) in [7, 11) is 0. The molecular weight excluding hydrogens is 337 g/mol. The van der Waals surface area contributed by atoms with Crippen LogP contribution >= 0.6 is 11.3 Å². The molecule has 0 aliphatic rings. The fourth-order valence-corrected chi connectivity index (χ4v) is 2.28. The lowest BCUT2D eigenvalue weighted by molar-refractivity contribution is -0.384. The summed E-state index contributed by atoms with van der Waals surface area (Å²) >= 11 is 0.536. The molecule has 1 aromatic heterocycles. The van der Waals surface area contributed by atoms with Crippen molar-refractivity contribution in [1.82, 2.24) is 4.98 Å². The fourth-order valence-electron chi connectivity index (χ4n) is 1.38. The van der Waals surface area contributed by atoms with Crippen molar-refractivity contribution >= 4 is 38.3 Å². The summed E-state index contributed by atoms with van der Waals surface area (Å²) in [6.45, 7) is 0. The maximum atomic E-state index is 12.8. The number of amides is 1. The van der Waals surface area contributed by atoms with E-state index in [0.29, 0.717) is 11.3 Å². The number of nitrogens with zero attached hydrogens (tertiary/aromatic N) is 2. The monoisotopic (exact) mass is 341 g/mol. The molecule has 2 rings (SSSR count). The zero-order chi connectivity index (χ0) is 16.7. The Morgan fingerprint density at radius 1 is 1.27 bits per heavy atom. The van der Waals surface area contributed by atoms with Gasteiger partial charge in [0, 0.05) is 12.1 Å². The number of hydrogen-bond acceptors (Lipinski definition) is 5. The number of carbonyl (C=O) groups excluding carboxylic acids is 1. The van der Waals surface area contributed by atoms with Gasteiger partial charge in [-0.3, -0.25) is 20.2 Å². The summed E-state index contributed by atoms with van der Waals surface area (Å²) in [5.74, 6) is -8.15. The first-order valence-corrected chi connectivity index (χ1v) is 6.15. The van der Waals surface area contributed by atoms with Gasteiger partial charge in [0.2, 0.25) is 0 Å². The Morgan fingerprint density at radius 3 is 2.45 bits per heavy atom. The Labute approximate surface area is 121 Å². The number of benzene rings is 1. The molecule has 0 atom stereocenters. The van der Waals surface area contributed by atoms with E-state index >= 15 is 0 Å². The molecule has 0 saturated carbocycles. The van der Waals surface area contributed by atoms with Gasteiger partial charge in [-0.1, -0.05) is 11.3 Å². The van der Waals surface area contributed by atoms with Gasteiger partial charge in [0.25, 0.3) is 5.69 Å². The molecule has 6 nitrogen and oxygen atoms in total. The third kappa shape index (κ3) is 2.81. The molecule has 0 fully saturated rings. The van der Waals surface area contributed by atoms with Gasteiger partial charge in [0.15, 0.2) is 5.13 Å². The van der Waals surface area contributed by atoms with Crippen LogP contribution in [0.15, 0.2) is 18.2 Å². The highest BCUT2D eigenvalue weighted by molar-refractivity contribution is 7.22. The van der Waals surface area contributed by atoms with Gasteiger partial charge in [-0.15, -0.1) is 0 Å². The van der Waals surface area contributed by atoms with Crippen LogP contribution in [-0.4, -0.2) is 27.9 Å². The molecule has 0 saturated heterocycles. The average molecular weight is 341 g/mol. The van der Waals surface area contributed by atoms with E-state index in [1.54, 1.807) is 0 Å². The highest BCUT2D eigenvalue weighted by Crippen LogP contribution is 2.37. The van der Waals surface area contributed by atoms with E-state index in [-0.39, 0.29) is 15.9 Å². The highest BCUT2D eigenvalue weighted by Gasteiger charge is 2.63. The number of nitrogens with one attached hydrogen (secondary N) is 1. The molecule has 0 unspecified atom stereocenters. The molecule has 1 N–H and O–H groups in total. The summed E-state index contributed by atoms with van der Waals surface area (Å²) in [5.41, 5.74) is -0.198. The number of thiazole rings is 1. The Hall–Kier alpha value is -2.37. The summed E-state index contributed by atoms with van der Waals surface area (Å²) in [6.07, 6.45) is -6.04. The second kappa shape index (κ2) is 5.12. The normalized spacial score (nSPS) is 12.4. The molecule has 22 heavy (non-hydrogen) atoms. The molecule has 0 radical (unpaired) electrons. The lowest BCUT2D eigenvalue weighted by atomic mass is 10.3. The van der Waals surface area contributed by atoms with E-state index in [0.717, 1.165) is 12.1 Å². The molecular formula is C10H4F5N3O3S. The van der Waals surface area contributed by atoms with E-state index < -0.39 is 28.1 Å². The largest absolute Gasteiger partial charge is 0.463 e. The van der Waals surface area contributed by atoms with Gasteiger partial charge in [-0.05, 0) is 6.07 Å². The van der Waals surface area contributed by atoms with Crippen molar-refractivity contribution in [3.8, 4) is 0 Å². The zero-order valence-electron chi connectivity index (χ0n) is 10.1. The van der Waals surface area contributed by atoms with E-state index in [1.807, 2.05) is 0 Å². The SMILES string of the molecule is O=C(Nc1nc2ccc([N+](=O)[O-])cc2s1)C(F)(F)C(F)(F)F. The number of hydrogen-bond donors (Lipinski definition) is 1. The van der Waals surface area contributed by atoms with E-state index in [4.69, 9.17) is 0 Å². The highest BCUT2D eigenvalue weighted by atomic mass is 32.1. The molecule has 118 valence electrons. The van der Waals surface area contributed by atoms with Gasteiger partial charge >= 0.3 is 18.0 Å². The quantitative estimate of drug-likeness (QED) is 0.527. The van der Waals surface area contributed by atoms with Crippen LogP contribution in [0.3, 0.4) is 0 Å². The van der Waals surface area contributed by atoms with Crippen LogP contribution in [0.2, 0.25) is 0 Å². The minimum Gasteiger partial charge on any atom is -0.296 e. The number of rotatable bonds is 3. The number of anilines is 1. The Bertz CT molecular complexity index is 758. The smallest absolute Gasteiger partial charge is 0.296 e. The summed E-state index contributed by atoms with van der Waals surface area (Å²) in [6, 6.07) is 3.32. The lowest BCUT2D eigenvalue weighted by Crippen LogP contribution is -2.47. The predicted octanol–water partition coefficient (Wildman–Crippen LogP) is 3.34. The van der Waals surface area contributed by atoms with Crippen molar-refractivity contribution < 1.29 is 31.7 Å². The average Bonchev–Trinajstić information content (AvgIpc) is 2.78. The van der Waals surface area contributed by atoms with Crippen molar-refractivity contribution in [2.45, 2.75) is 12.1 Å². The van der Waals surface area contributed by atoms with Crippen LogP contribution < -0.4 is 5.32 Å². The molecule has 1 amide bonds. The number of halogens is 5. The number of nitro groups is 1. The van der Waals surface area contributed by atoms with Crippen molar-refractivity contribution in [3.05, 3.63) is 28.3 Å². The minimum absolute atomic E-state index is 0.112. The Kier molecular flexibility index (Phi) is 3.73. The number of fused-ring (bicyclic) bond motifs is 1. The molecule has 0 aliphatic carbocycles. The van der Waals surface area contributed by atoms with Crippen molar-refractivity contribution in [2.75, 3.05) is 5.32 Å². The fraction of sp³-hybridized carbons (Fsp3) is 0.200. The van der Waals surface area contributed by atoms with Crippen LogP contribution in [0.5, 0.6) is 0 Å². The van der Waals surface area contributed by atoms with Crippen LogP contribution in [0.4, 0.5) is 32.8 Å². The third-order valence-electron chi connectivity index (χ3n) is 2.44. The lowest BCUT2D eigenvalue weighted by Gasteiger charge is -2.17. The number of alkyl halides is 5. The van der Waals surface area contributed by atoms with Crippen LogP contribution in [0.1, 0.15) is 0 Å². The summed E-state index contributed by atoms with van der Waals surface area (Å²) in [5, 5.41) is 11.4. The van der Waals surface area contributed by atoms with Crippen LogP contribution in [0, 0.1) is 10.1 Å². The van der Waals surface area contributed by atoms with Gasteiger partial charge in [-0.2, -0.15) is 22.0 Å². The number of nitro benzene ring substituents is 1. The number of aromatic nitrogens is 1.